The maximum absolute atomic E-state index is 13.4. The third-order valence-corrected chi connectivity index (χ3v) is 4.36. The number of nitrogens with zero attached hydrogens (tertiary/aromatic N) is 1. The van der Waals surface area contributed by atoms with Gasteiger partial charge in [0.1, 0.15) is 0 Å². The highest BCUT2D eigenvalue weighted by molar-refractivity contribution is 7.89. The summed E-state index contributed by atoms with van der Waals surface area (Å²) in [5.74, 6) is -1.17. The molecule has 1 saturated heterocycles. The molecule has 0 aromatic heterocycles. The average Bonchev–Trinajstić information content (AvgIpc) is 2.80. The van der Waals surface area contributed by atoms with Crippen LogP contribution in [0, 0.1) is 15.9 Å². The largest absolute Gasteiger partial charge is 0.324 e. The van der Waals surface area contributed by atoms with Crippen molar-refractivity contribution < 1.29 is 17.7 Å². The molecule has 0 spiro atoms. The molecule has 1 aliphatic rings. The summed E-state index contributed by atoms with van der Waals surface area (Å²) in [6.07, 6.45) is 0.586. The van der Waals surface area contributed by atoms with E-state index in [-0.39, 0.29) is 18.4 Å². The van der Waals surface area contributed by atoms with E-state index in [0.29, 0.717) is 19.5 Å². The quantitative estimate of drug-likeness (QED) is 0.629. The molecule has 0 radical (unpaired) electrons. The Hall–Kier alpha value is -1.29. The number of hydrogen-bond acceptors (Lipinski definition) is 5. The van der Waals surface area contributed by atoms with E-state index in [9.17, 15) is 22.9 Å². The molecule has 20 heavy (non-hydrogen) atoms. The Labute approximate surface area is 121 Å². The van der Waals surface area contributed by atoms with Crippen LogP contribution < -0.4 is 10.0 Å². The van der Waals surface area contributed by atoms with E-state index < -0.39 is 31.3 Å². The number of rotatable bonds is 4. The van der Waals surface area contributed by atoms with Crippen molar-refractivity contribution in [1.29, 1.82) is 0 Å². The van der Waals surface area contributed by atoms with Gasteiger partial charge in [0.25, 0.3) is 0 Å². The molecule has 2 rings (SSSR count). The number of nitro benzene ring substituents is 1. The molecule has 10 heteroatoms. The molecule has 1 atom stereocenters. The van der Waals surface area contributed by atoms with Gasteiger partial charge in [-0.05, 0) is 25.1 Å². The molecule has 1 fully saturated rings. The molecule has 112 valence electrons. The van der Waals surface area contributed by atoms with E-state index in [1.54, 1.807) is 0 Å². The van der Waals surface area contributed by atoms with E-state index >= 15 is 0 Å². The van der Waals surface area contributed by atoms with E-state index in [2.05, 4.69) is 10.0 Å². The smallest absolute Gasteiger partial charge is 0.315 e. The Morgan fingerprint density at radius 2 is 2.15 bits per heavy atom. The molecule has 1 heterocycles. The number of benzene rings is 1. The molecule has 1 unspecified atom stereocenters. The van der Waals surface area contributed by atoms with Crippen LogP contribution in [-0.2, 0) is 10.0 Å². The third-order valence-electron chi connectivity index (χ3n) is 2.80. The van der Waals surface area contributed by atoms with Crippen LogP contribution in [0.25, 0.3) is 0 Å². The summed E-state index contributed by atoms with van der Waals surface area (Å²) < 4.78 is 39.8. The van der Waals surface area contributed by atoms with Crippen LogP contribution in [0.1, 0.15) is 6.42 Å². The van der Waals surface area contributed by atoms with Gasteiger partial charge in [-0.2, -0.15) is 4.39 Å². The zero-order chi connectivity index (χ0) is 14.0. The van der Waals surface area contributed by atoms with Gasteiger partial charge in [-0.3, -0.25) is 10.1 Å². The van der Waals surface area contributed by atoms with Crippen LogP contribution >= 0.6 is 12.4 Å². The molecule has 1 aromatic carbocycles. The molecule has 1 aromatic rings. The van der Waals surface area contributed by atoms with E-state index in [1.807, 2.05) is 0 Å². The standard InChI is InChI=1S/C10H12FN3O4S.ClH/c11-8-2-1-3-9(10(8)14(15)16)19(17,18)13-7-4-5-12-6-7;/h1-3,7,12-13H,4-6H2;1H. The van der Waals surface area contributed by atoms with Crippen molar-refractivity contribution >= 4 is 28.1 Å². The molecular weight excluding hydrogens is 313 g/mol. The highest BCUT2D eigenvalue weighted by Gasteiger charge is 2.31. The topological polar surface area (TPSA) is 101 Å². The summed E-state index contributed by atoms with van der Waals surface area (Å²) in [6, 6.07) is 2.66. The Balaban J connectivity index is 0.00000200. The van der Waals surface area contributed by atoms with Crippen LogP contribution in [0.4, 0.5) is 10.1 Å². The number of hydrogen-bond donors (Lipinski definition) is 2. The molecule has 0 aliphatic carbocycles. The van der Waals surface area contributed by atoms with E-state index in [0.717, 1.165) is 18.2 Å². The number of nitrogens with one attached hydrogen (secondary N) is 2. The van der Waals surface area contributed by atoms with Crippen LogP contribution in [0.2, 0.25) is 0 Å². The predicted molar refractivity (Wildman–Crippen MR) is 71.9 cm³/mol. The lowest BCUT2D eigenvalue weighted by atomic mass is 10.3. The highest BCUT2D eigenvalue weighted by Crippen LogP contribution is 2.26. The molecule has 2 N–H and O–H groups in total. The summed E-state index contributed by atoms with van der Waals surface area (Å²) in [6.45, 7) is 1.11. The van der Waals surface area contributed by atoms with Crippen LogP contribution in [0.3, 0.4) is 0 Å². The third kappa shape index (κ3) is 3.42. The zero-order valence-electron chi connectivity index (χ0n) is 10.2. The predicted octanol–water partition coefficient (Wildman–Crippen LogP) is 0.796. The van der Waals surface area contributed by atoms with E-state index in [4.69, 9.17) is 0 Å². The molecule has 0 saturated carbocycles. The number of halogens is 2. The lowest BCUT2D eigenvalue weighted by molar-refractivity contribution is -0.390. The monoisotopic (exact) mass is 325 g/mol. The van der Waals surface area contributed by atoms with Crippen LogP contribution in [0.15, 0.2) is 23.1 Å². The van der Waals surface area contributed by atoms with Gasteiger partial charge in [-0.25, -0.2) is 13.1 Å². The van der Waals surface area contributed by atoms with Gasteiger partial charge in [0, 0.05) is 12.6 Å². The number of nitro groups is 1. The second-order valence-electron chi connectivity index (χ2n) is 4.15. The van der Waals surface area contributed by atoms with Crippen LogP contribution in [-0.4, -0.2) is 32.5 Å². The second-order valence-corrected chi connectivity index (χ2v) is 5.84. The summed E-state index contributed by atoms with van der Waals surface area (Å²) >= 11 is 0. The molecule has 0 amide bonds. The summed E-state index contributed by atoms with van der Waals surface area (Å²) in [7, 11) is -4.11. The summed E-state index contributed by atoms with van der Waals surface area (Å²) in [5, 5.41) is 13.7. The molecule has 7 nitrogen and oxygen atoms in total. The van der Waals surface area contributed by atoms with Crippen molar-refractivity contribution in [3.63, 3.8) is 0 Å². The Bertz CT molecular complexity index is 605. The SMILES string of the molecule is Cl.O=[N+]([O-])c1c(F)cccc1S(=O)(=O)NC1CCNC1. The van der Waals surface area contributed by atoms with Gasteiger partial charge in [0.05, 0.1) is 4.92 Å². The van der Waals surface area contributed by atoms with Crippen molar-refractivity contribution in [2.75, 3.05) is 13.1 Å². The van der Waals surface area contributed by atoms with Gasteiger partial charge in [0.2, 0.25) is 15.8 Å². The highest BCUT2D eigenvalue weighted by atomic mass is 35.5. The fourth-order valence-corrected chi connectivity index (χ4v) is 3.38. The normalized spacial score (nSPS) is 18.6. The summed E-state index contributed by atoms with van der Waals surface area (Å²) in [4.78, 5) is 9.11. The zero-order valence-corrected chi connectivity index (χ0v) is 11.8. The van der Waals surface area contributed by atoms with Gasteiger partial charge in [0.15, 0.2) is 4.90 Å². The fourth-order valence-electron chi connectivity index (χ4n) is 1.93. The van der Waals surface area contributed by atoms with Crippen molar-refractivity contribution in [2.45, 2.75) is 17.4 Å². The Morgan fingerprint density at radius 1 is 1.45 bits per heavy atom. The second kappa shape index (κ2) is 6.44. The Kier molecular flexibility index (Phi) is 5.40. The van der Waals surface area contributed by atoms with Crippen molar-refractivity contribution in [3.05, 3.63) is 34.1 Å². The van der Waals surface area contributed by atoms with Crippen LogP contribution in [0.5, 0.6) is 0 Å². The number of sulfonamides is 1. The van der Waals surface area contributed by atoms with E-state index in [1.165, 1.54) is 0 Å². The average molecular weight is 326 g/mol. The maximum atomic E-state index is 13.4. The summed E-state index contributed by atoms with van der Waals surface area (Å²) in [5.41, 5.74) is -1.03. The fraction of sp³-hybridized carbons (Fsp3) is 0.400. The molecule has 1 aliphatic heterocycles. The molecular formula is C10H13ClFN3O4S. The maximum Gasteiger partial charge on any atom is 0.324 e. The van der Waals surface area contributed by atoms with Gasteiger partial charge < -0.3 is 5.32 Å². The first-order valence-electron chi connectivity index (χ1n) is 5.58. The minimum atomic E-state index is -4.11. The van der Waals surface area contributed by atoms with Crippen molar-refractivity contribution in [3.8, 4) is 0 Å². The minimum absolute atomic E-state index is 0. The minimum Gasteiger partial charge on any atom is -0.315 e. The lowest BCUT2D eigenvalue weighted by Crippen LogP contribution is -2.36. The van der Waals surface area contributed by atoms with Gasteiger partial charge >= 0.3 is 5.69 Å². The number of para-hydroxylation sites is 1. The Morgan fingerprint density at radius 3 is 2.70 bits per heavy atom. The molecule has 0 bridgehead atoms. The van der Waals surface area contributed by atoms with Gasteiger partial charge in [-0.1, -0.05) is 6.07 Å². The lowest BCUT2D eigenvalue weighted by Gasteiger charge is -2.12. The van der Waals surface area contributed by atoms with Crippen molar-refractivity contribution in [1.82, 2.24) is 10.0 Å². The first-order chi connectivity index (χ1) is 8.92. The first kappa shape index (κ1) is 16.8. The first-order valence-corrected chi connectivity index (χ1v) is 7.06. The van der Waals surface area contributed by atoms with Crippen molar-refractivity contribution in [2.24, 2.45) is 0 Å². The van der Waals surface area contributed by atoms with Gasteiger partial charge in [-0.15, -0.1) is 12.4 Å².